The van der Waals surface area contributed by atoms with E-state index in [1.807, 2.05) is 12.1 Å². The van der Waals surface area contributed by atoms with Gasteiger partial charge in [-0.15, -0.1) is 0 Å². The van der Waals surface area contributed by atoms with Crippen molar-refractivity contribution in [1.29, 1.82) is 0 Å². The number of nitro groups is 1. The smallest absolute Gasteiger partial charge is 0.373 e. The van der Waals surface area contributed by atoms with Gasteiger partial charge in [-0.1, -0.05) is 18.2 Å². The van der Waals surface area contributed by atoms with E-state index >= 15 is 0 Å². The number of nitrogens with zero attached hydrogens (tertiary/aromatic N) is 5. The summed E-state index contributed by atoms with van der Waals surface area (Å²) < 4.78 is 6.54. The lowest BCUT2D eigenvalue weighted by molar-refractivity contribution is -0.385. The van der Waals surface area contributed by atoms with Crippen LogP contribution in [0.4, 0.5) is 17.3 Å². The largest absolute Gasteiger partial charge is 0.431 e. The van der Waals surface area contributed by atoms with Gasteiger partial charge in [0.25, 0.3) is 0 Å². The highest BCUT2D eigenvalue weighted by Crippen LogP contribution is 2.36. The summed E-state index contributed by atoms with van der Waals surface area (Å²) in [6.07, 6.45) is 4.37. The Hall–Kier alpha value is -3.66. The van der Waals surface area contributed by atoms with E-state index < -0.39 is 10.6 Å². The van der Waals surface area contributed by atoms with Crippen molar-refractivity contribution in [1.82, 2.24) is 19.9 Å². The van der Waals surface area contributed by atoms with Crippen LogP contribution in [0, 0.1) is 10.1 Å². The Kier molecular flexibility index (Phi) is 4.77. The Morgan fingerprint density at radius 2 is 1.89 bits per heavy atom. The van der Waals surface area contributed by atoms with Gasteiger partial charge in [0.1, 0.15) is 17.7 Å². The zero-order valence-corrected chi connectivity index (χ0v) is 15.7. The molecule has 0 saturated carbocycles. The second-order valence-corrected chi connectivity index (χ2v) is 6.47. The number of nitrogens with one attached hydrogen (secondary N) is 1. The maximum Gasteiger partial charge on any atom is 0.373 e. The number of aromatic nitrogens is 4. The minimum Gasteiger partial charge on any atom is -0.431 e. The van der Waals surface area contributed by atoms with E-state index in [2.05, 4.69) is 41.2 Å². The Labute approximate surface area is 166 Å². The Balaban J connectivity index is 1.74. The summed E-state index contributed by atoms with van der Waals surface area (Å²) in [4.78, 5) is 27.4. The van der Waals surface area contributed by atoms with Gasteiger partial charge in [0.05, 0.1) is 4.92 Å². The van der Waals surface area contributed by atoms with Crippen molar-refractivity contribution in [3.63, 3.8) is 0 Å². The molecule has 138 valence electrons. The highest BCUT2D eigenvalue weighted by Gasteiger charge is 2.26. The van der Waals surface area contributed by atoms with Crippen LogP contribution in [0.5, 0.6) is 11.6 Å². The number of para-hydroxylation sites is 1. The fourth-order valence-electron chi connectivity index (χ4n) is 2.53. The third kappa shape index (κ3) is 3.58. The predicted octanol–water partition coefficient (Wildman–Crippen LogP) is 4.63. The van der Waals surface area contributed by atoms with E-state index in [4.69, 9.17) is 4.74 Å². The minimum absolute atomic E-state index is 0.0296. The number of benzene rings is 1. The molecule has 0 atom stereocenters. The monoisotopic (exact) mass is 438 g/mol. The van der Waals surface area contributed by atoms with Crippen LogP contribution < -0.4 is 10.1 Å². The maximum absolute atomic E-state index is 11.7. The summed E-state index contributed by atoms with van der Waals surface area (Å²) in [5.74, 6) is 0.520. The molecular formula is C18H11BrN6O3. The molecule has 9 nitrogen and oxygen atoms in total. The Morgan fingerprint density at radius 1 is 1.04 bits per heavy atom. The number of anilines is 2. The van der Waals surface area contributed by atoms with Crippen LogP contribution in [-0.2, 0) is 0 Å². The first-order valence-electron chi connectivity index (χ1n) is 8.01. The van der Waals surface area contributed by atoms with Crippen LogP contribution >= 0.6 is 15.9 Å². The van der Waals surface area contributed by atoms with E-state index in [1.165, 1.54) is 6.33 Å². The number of ether oxygens (including phenoxy) is 1. The van der Waals surface area contributed by atoms with Crippen LogP contribution in [0.15, 0.2) is 65.7 Å². The van der Waals surface area contributed by atoms with Crippen molar-refractivity contribution in [3.8, 4) is 11.6 Å². The van der Waals surface area contributed by atoms with Crippen LogP contribution in [0.3, 0.4) is 0 Å². The van der Waals surface area contributed by atoms with Crippen molar-refractivity contribution in [2.75, 3.05) is 5.32 Å². The third-order valence-corrected chi connectivity index (χ3v) is 4.22. The van der Waals surface area contributed by atoms with Crippen molar-refractivity contribution >= 4 is 44.2 Å². The molecule has 0 unspecified atom stereocenters. The van der Waals surface area contributed by atoms with E-state index in [1.54, 1.807) is 42.7 Å². The average molecular weight is 439 g/mol. The number of pyridine rings is 2. The molecule has 3 aromatic heterocycles. The van der Waals surface area contributed by atoms with Crippen molar-refractivity contribution in [2.24, 2.45) is 0 Å². The number of halogens is 1. The standard InChI is InChI=1S/C18H11BrN6O3/c19-12-6-7-14(21-9-12)24-17-16(25(26)27)18(23-10-22-17)28-13-5-1-3-11-4-2-8-20-15(11)13/h1-10H,(H,21,22,23,24). The molecule has 0 spiro atoms. The summed E-state index contributed by atoms with van der Waals surface area (Å²) in [6.45, 7) is 0. The molecule has 0 amide bonds. The summed E-state index contributed by atoms with van der Waals surface area (Å²) in [5.41, 5.74) is 0.169. The minimum atomic E-state index is -0.602. The molecule has 1 N–H and O–H groups in total. The van der Waals surface area contributed by atoms with E-state index in [-0.39, 0.29) is 11.7 Å². The van der Waals surface area contributed by atoms with Crippen molar-refractivity contribution in [3.05, 3.63) is 75.8 Å². The van der Waals surface area contributed by atoms with Crippen LogP contribution in [-0.4, -0.2) is 24.9 Å². The number of hydrogen-bond acceptors (Lipinski definition) is 8. The number of fused-ring (bicyclic) bond motifs is 1. The molecule has 0 radical (unpaired) electrons. The molecule has 0 aliphatic rings. The lowest BCUT2D eigenvalue weighted by Crippen LogP contribution is -2.04. The predicted molar refractivity (Wildman–Crippen MR) is 106 cm³/mol. The van der Waals surface area contributed by atoms with E-state index in [0.717, 1.165) is 9.86 Å². The Bertz CT molecular complexity index is 1160. The normalized spacial score (nSPS) is 10.6. The fourth-order valence-corrected chi connectivity index (χ4v) is 2.76. The van der Waals surface area contributed by atoms with Crippen molar-refractivity contribution < 1.29 is 9.66 Å². The second kappa shape index (κ2) is 7.53. The zero-order valence-electron chi connectivity index (χ0n) is 14.1. The van der Waals surface area contributed by atoms with Gasteiger partial charge in [0, 0.05) is 22.3 Å². The lowest BCUT2D eigenvalue weighted by atomic mass is 10.2. The van der Waals surface area contributed by atoms with E-state index in [0.29, 0.717) is 17.1 Å². The average Bonchev–Trinajstić information content (AvgIpc) is 2.70. The number of hydrogen-bond donors (Lipinski definition) is 1. The lowest BCUT2D eigenvalue weighted by Gasteiger charge is -2.10. The SMILES string of the molecule is O=[N+]([O-])c1c(Nc2ccc(Br)cn2)ncnc1Oc1cccc2cccnc12. The molecule has 4 aromatic rings. The Morgan fingerprint density at radius 3 is 2.68 bits per heavy atom. The van der Waals surface area contributed by atoms with Gasteiger partial charge in [-0.2, -0.15) is 4.98 Å². The fraction of sp³-hybridized carbons (Fsp3) is 0. The van der Waals surface area contributed by atoms with Gasteiger partial charge in [-0.3, -0.25) is 15.1 Å². The van der Waals surface area contributed by atoms with Crippen LogP contribution in [0.2, 0.25) is 0 Å². The van der Waals surface area contributed by atoms with Gasteiger partial charge in [0.15, 0.2) is 5.75 Å². The molecule has 0 aliphatic heterocycles. The molecule has 0 fully saturated rings. The topological polar surface area (TPSA) is 116 Å². The highest BCUT2D eigenvalue weighted by molar-refractivity contribution is 9.10. The van der Waals surface area contributed by atoms with Gasteiger partial charge < -0.3 is 10.1 Å². The summed E-state index contributed by atoms with van der Waals surface area (Å²) in [5, 5.41) is 15.4. The summed E-state index contributed by atoms with van der Waals surface area (Å²) >= 11 is 3.29. The van der Waals surface area contributed by atoms with Gasteiger partial charge in [-0.05, 0) is 40.2 Å². The first-order chi connectivity index (χ1) is 13.6. The van der Waals surface area contributed by atoms with Crippen LogP contribution in [0.1, 0.15) is 0 Å². The molecule has 28 heavy (non-hydrogen) atoms. The van der Waals surface area contributed by atoms with Gasteiger partial charge in [-0.25, -0.2) is 9.97 Å². The molecule has 1 aromatic carbocycles. The zero-order chi connectivity index (χ0) is 19.5. The molecule has 0 aliphatic carbocycles. The van der Waals surface area contributed by atoms with Gasteiger partial charge >= 0.3 is 11.6 Å². The molecule has 4 rings (SSSR count). The number of rotatable bonds is 5. The maximum atomic E-state index is 11.7. The first kappa shape index (κ1) is 17.7. The first-order valence-corrected chi connectivity index (χ1v) is 8.80. The highest BCUT2D eigenvalue weighted by atomic mass is 79.9. The summed E-state index contributed by atoms with van der Waals surface area (Å²) in [7, 11) is 0. The quantitative estimate of drug-likeness (QED) is 0.354. The van der Waals surface area contributed by atoms with Crippen LogP contribution in [0.25, 0.3) is 10.9 Å². The molecule has 3 heterocycles. The summed E-state index contributed by atoms with van der Waals surface area (Å²) in [6, 6.07) is 12.4. The molecule has 0 saturated heterocycles. The second-order valence-electron chi connectivity index (χ2n) is 5.55. The van der Waals surface area contributed by atoms with E-state index in [9.17, 15) is 10.1 Å². The van der Waals surface area contributed by atoms with Gasteiger partial charge in [0.2, 0.25) is 5.82 Å². The molecule has 0 bridgehead atoms. The molecule has 10 heteroatoms. The third-order valence-electron chi connectivity index (χ3n) is 3.75. The molecular weight excluding hydrogens is 428 g/mol. The van der Waals surface area contributed by atoms with Crippen molar-refractivity contribution in [2.45, 2.75) is 0 Å².